The van der Waals surface area contributed by atoms with Gasteiger partial charge in [-0.25, -0.2) is 9.97 Å². The highest BCUT2D eigenvalue weighted by Crippen LogP contribution is 2.32. The number of fused-ring (bicyclic) bond motifs is 2. The molecule has 0 bridgehead atoms. The van der Waals surface area contributed by atoms with Crippen molar-refractivity contribution in [2.24, 2.45) is 0 Å². The van der Waals surface area contributed by atoms with Crippen molar-refractivity contribution >= 4 is 22.6 Å². The molecule has 2 aliphatic rings. The monoisotopic (exact) mass is 573 g/mol. The van der Waals surface area contributed by atoms with Crippen LogP contribution in [-0.2, 0) is 13.0 Å². The molecule has 1 fully saturated rings. The molecule has 43 heavy (non-hydrogen) atoms. The summed E-state index contributed by atoms with van der Waals surface area (Å²) in [4.78, 5) is 29.8. The molecule has 0 saturated carbocycles. The van der Waals surface area contributed by atoms with Crippen molar-refractivity contribution in [3.8, 4) is 22.6 Å². The lowest BCUT2D eigenvalue weighted by Gasteiger charge is -2.37. The summed E-state index contributed by atoms with van der Waals surface area (Å²) in [6, 6.07) is 20.6. The number of benzene rings is 2. The number of H-pyrrole nitrogens is 1. The molecule has 9 heteroatoms. The third-order valence-electron chi connectivity index (χ3n) is 9.09. The smallest absolute Gasteiger partial charge is 0.272 e. The number of amides is 1. The maximum absolute atomic E-state index is 13.6. The summed E-state index contributed by atoms with van der Waals surface area (Å²) in [6.45, 7) is 3.41. The van der Waals surface area contributed by atoms with Gasteiger partial charge in [0, 0.05) is 54.7 Å². The molecule has 1 amide bonds. The topological polar surface area (TPSA) is 99.7 Å². The molecule has 1 saturated heterocycles. The Bertz CT molecular complexity index is 1800. The standard InChI is InChI=1S/C34H36N8O/c1-35-33-27-12-15-41(21-31(27)37-32(38-33)26-18-25-6-4-5-7-28(25)36-20-26)34(43)30-19-29(39-40-30)24-10-8-22(9-11-24)23-13-16-42(2,3)17-14-23/h4-11,18-20,23H,12-17,21H2,1-3H3,(H-,35,37,38,39,40,43)/p+1. The number of para-hydroxylation sites is 1. The van der Waals surface area contributed by atoms with Gasteiger partial charge >= 0.3 is 0 Å². The van der Waals surface area contributed by atoms with Crippen LogP contribution >= 0.6 is 0 Å². The van der Waals surface area contributed by atoms with Crippen LogP contribution in [0.1, 0.15) is 46.1 Å². The van der Waals surface area contributed by atoms with Crippen LogP contribution in [0, 0.1) is 0 Å². The molecule has 9 nitrogen and oxygen atoms in total. The molecular weight excluding hydrogens is 536 g/mol. The molecule has 2 aliphatic heterocycles. The van der Waals surface area contributed by atoms with Gasteiger partial charge in [-0.15, -0.1) is 0 Å². The average molecular weight is 574 g/mol. The van der Waals surface area contributed by atoms with Gasteiger partial charge in [-0.3, -0.25) is 14.9 Å². The van der Waals surface area contributed by atoms with E-state index in [1.807, 2.05) is 48.5 Å². The fraction of sp³-hybridized carbons (Fsp3) is 0.324. The Labute approximate surface area is 251 Å². The number of piperidine rings is 1. The fourth-order valence-electron chi connectivity index (χ4n) is 6.41. The summed E-state index contributed by atoms with van der Waals surface area (Å²) >= 11 is 0. The van der Waals surface area contributed by atoms with E-state index >= 15 is 0 Å². The molecule has 7 rings (SSSR count). The van der Waals surface area contributed by atoms with Crippen LogP contribution in [0.4, 0.5) is 5.82 Å². The minimum absolute atomic E-state index is 0.0810. The van der Waals surface area contributed by atoms with Gasteiger partial charge in [0.15, 0.2) is 5.82 Å². The lowest BCUT2D eigenvalue weighted by atomic mass is 9.88. The van der Waals surface area contributed by atoms with Gasteiger partial charge in [-0.2, -0.15) is 5.10 Å². The van der Waals surface area contributed by atoms with Crippen LogP contribution in [0.15, 0.2) is 66.9 Å². The highest BCUT2D eigenvalue weighted by atomic mass is 16.2. The number of hydrogen-bond acceptors (Lipinski definition) is 6. The number of aromatic nitrogens is 5. The molecule has 5 heterocycles. The third-order valence-corrected chi connectivity index (χ3v) is 9.09. The number of carbonyl (C=O) groups excluding carboxylic acids is 1. The first-order chi connectivity index (χ1) is 20.9. The van der Waals surface area contributed by atoms with Gasteiger partial charge in [-0.05, 0) is 36.1 Å². The summed E-state index contributed by atoms with van der Waals surface area (Å²) in [5.74, 6) is 1.92. The second kappa shape index (κ2) is 10.9. The zero-order valence-corrected chi connectivity index (χ0v) is 25.0. The van der Waals surface area contributed by atoms with Crippen LogP contribution in [0.3, 0.4) is 0 Å². The van der Waals surface area contributed by atoms with Gasteiger partial charge in [-0.1, -0.05) is 42.5 Å². The van der Waals surface area contributed by atoms with E-state index in [4.69, 9.17) is 9.97 Å². The number of pyridine rings is 1. The zero-order chi connectivity index (χ0) is 29.6. The number of hydrogen-bond donors (Lipinski definition) is 2. The number of aromatic amines is 1. The Balaban J connectivity index is 1.08. The number of rotatable bonds is 5. The number of nitrogens with one attached hydrogen (secondary N) is 2. The molecule has 3 aromatic heterocycles. The summed E-state index contributed by atoms with van der Waals surface area (Å²) in [5.41, 5.74) is 7.34. The van der Waals surface area contributed by atoms with Gasteiger partial charge in [0.1, 0.15) is 11.5 Å². The van der Waals surface area contributed by atoms with Gasteiger partial charge < -0.3 is 14.7 Å². The quantitative estimate of drug-likeness (QED) is 0.278. The van der Waals surface area contributed by atoms with Crippen molar-refractivity contribution in [3.05, 3.63) is 89.4 Å². The van der Waals surface area contributed by atoms with E-state index < -0.39 is 0 Å². The van der Waals surface area contributed by atoms with E-state index in [0.29, 0.717) is 36.9 Å². The minimum atomic E-state index is -0.0810. The largest absolute Gasteiger partial charge is 0.373 e. The SMILES string of the molecule is CNc1nc(-c2cnc3ccccc3c2)nc2c1CCN(C(=O)c1cc(-c3ccc(C4CC[N+](C)(C)CC4)cc3)n[nH]1)C2. The van der Waals surface area contributed by atoms with Crippen molar-refractivity contribution in [2.45, 2.75) is 31.7 Å². The number of nitrogens with zero attached hydrogens (tertiary/aromatic N) is 6. The maximum atomic E-state index is 13.6. The van der Waals surface area contributed by atoms with Crippen molar-refractivity contribution in [1.29, 1.82) is 0 Å². The van der Waals surface area contributed by atoms with E-state index in [9.17, 15) is 4.79 Å². The Hall–Kier alpha value is -4.63. The van der Waals surface area contributed by atoms with Crippen LogP contribution in [0.2, 0.25) is 0 Å². The number of quaternary nitrogens is 1. The molecule has 218 valence electrons. The second-order valence-electron chi connectivity index (χ2n) is 12.4. The summed E-state index contributed by atoms with van der Waals surface area (Å²) in [7, 11) is 6.50. The molecular formula is C34H37N8O+. The molecule has 0 radical (unpaired) electrons. The molecule has 0 unspecified atom stereocenters. The van der Waals surface area contributed by atoms with Gasteiger partial charge in [0.05, 0.1) is 50.6 Å². The molecule has 5 aromatic rings. The highest BCUT2D eigenvalue weighted by Gasteiger charge is 2.29. The Kier molecular flexibility index (Phi) is 6.89. The maximum Gasteiger partial charge on any atom is 0.272 e. The summed E-state index contributed by atoms with van der Waals surface area (Å²) in [5, 5.41) is 11.8. The lowest BCUT2D eigenvalue weighted by molar-refractivity contribution is -0.895. The van der Waals surface area contributed by atoms with Crippen LogP contribution in [0.25, 0.3) is 33.5 Å². The predicted octanol–water partition coefficient (Wildman–Crippen LogP) is 5.28. The van der Waals surface area contributed by atoms with E-state index in [2.05, 4.69) is 64.9 Å². The van der Waals surface area contributed by atoms with Crippen LogP contribution < -0.4 is 5.32 Å². The van der Waals surface area contributed by atoms with Crippen molar-refractivity contribution in [1.82, 2.24) is 30.0 Å². The normalized spacial score (nSPS) is 16.7. The van der Waals surface area contributed by atoms with Crippen molar-refractivity contribution in [3.63, 3.8) is 0 Å². The Morgan fingerprint density at radius 3 is 2.58 bits per heavy atom. The van der Waals surface area contributed by atoms with E-state index in [1.165, 1.54) is 31.5 Å². The number of carbonyl (C=O) groups is 1. The Morgan fingerprint density at radius 2 is 1.79 bits per heavy atom. The van der Waals surface area contributed by atoms with E-state index in [1.54, 1.807) is 0 Å². The van der Waals surface area contributed by atoms with Crippen LogP contribution in [-0.4, -0.2) is 81.2 Å². The molecule has 0 spiro atoms. The highest BCUT2D eigenvalue weighted by molar-refractivity contribution is 5.93. The first-order valence-corrected chi connectivity index (χ1v) is 15.1. The number of anilines is 1. The van der Waals surface area contributed by atoms with Gasteiger partial charge in [0.25, 0.3) is 5.91 Å². The minimum Gasteiger partial charge on any atom is -0.373 e. The first kappa shape index (κ1) is 27.2. The van der Waals surface area contributed by atoms with Crippen molar-refractivity contribution in [2.75, 3.05) is 46.1 Å². The number of likely N-dealkylation sites (tertiary alicyclic amines) is 1. The molecule has 0 aliphatic carbocycles. The molecule has 2 N–H and O–H groups in total. The summed E-state index contributed by atoms with van der Waals surface area (Å²) < 4.78 is 1.11. The van der Waals surface area contributed by atoms with E-state index in [0.717, 1.165) is 49.3 Å². The first-order valence-electron chi connectivity index (χ1n) is 15.1. The average Bonchev–Trinajstić information content (AvgIpc) is 3.54. The summed E-state index contributed by atoms with van der Waals surface area (Å²) in [6.07, 6.45) is 4.91. The lowest BCUT2D eigenvalue weighted by Crippen LogP contribution is -2.45. The van der Waals surface area contributed by atoms with E-state index in [-0.39, 0.29) is 5.91 Å². The molecule has 2 aromatic carbocycles. The second-order valence-corrected chi connectivity index (χ2v) is 12.4. The zero-order valence-electron chi connectivity index (χ0n) is 25.0. The molecule has 0 atom stereocenters. The van der Waals surface area contributed by atoms with Crippen LogP contribution in [0.5, 0.6) is 0 Å². The van der Waals surface area contributed by atoms with Gasteiger partial charge in [0.2, 0.25) is 0 Å². The van der Waals surface area contributed by atoms with Crippen molar-refractivity contribution < 1.29 is 9.28 Å². The Morgan fingerprint density at radius 1 is 1.00 bits per heavy atom. The predicted molar refractivity (Wildman–Crippen MR) is 169 cm³/mol. The third kappa shape index (κ3) is 5.36. The fourth-order valence-corrected chi connectivity index (χ4v) is 6.41.